The quantitative estimate of drug-likeness (QED) is 0.0513. The number of primary amides is 1. The lowest BCUT2D eigenvalue weighted by molar-refractivity contribution is -0.161. The van der Waals surface area contributed by atoms with Gasteiger partial charge in [0.15, 0.2) is 0 Å². The van der Waals surface area contributed by atoms with Crippen LogP contribution in [0.5, 0.6) is 5.75 Å². The van der Waals surface area contributed by atoms with E-state index < -0.39 is 84.1 Å². The fourth-order valence-electron chi connectivity index (χ4n) is 2.40. The molecule has 1 aromatic carbocycles. The number of carbonyl (C=O) groups is 7. The van der Waals surface area contributed by atoms with E-state index in [9.17, 15) is 33.6 Å². The van der Waals surface area contributed by atoms with Crippen LogP contribution in [-0.4, -0.2) is 105 Å². The van der Waals surface area contributed by atoms with Gasteiger partial charge in [-0.05, 0) is 57.2 Å². The van der Waals surface area contributed by atoms with E-state index in [2.05, 4.69) is 4.74 Å². The molecule has 0 aliphatic carbocycles. The third-order valence-corrected chi connectivity index (χ3v) is 5.68. The summed E-state index contributed by atoms with van der Waals surface area (Å²) in [7, 11) is 0. The minimum Gasteiger partial charge on any atom is -0.480 e. The van der Waals surface area contributed by atoms with Crippen molar-refractivity contribution in [2.75, 3.05) is 0 Å². The lowest BCUT2D eigenvalue weighted by atomic mass is 10.1. The van der Waals surface area contributed by atoms with Gasteiger partial charge in [0.05, 0.1) is 6.10 Å². The summed E-state index contributed by atoms with van der Waals surface area (Å²) in [4.78, 5) is 75.0. The molecule has 0 saturated carbocycles. The van der Waals surface area contributed by atoms with Crippen molar-refractivity contribution in [2.24, 2.45) is 46.1 Å². The summed E-state index contributed by atoms with van der Waals surface area (Å²) in [5.74, 6) is -5.80. The minimum absolute atomic E-state index is 0.0192. The Morgan fingerprint density at radius 2 is 1.10 bits per heavy atom. The Bertz CT molecular complexity index is 1190. The summed E-state index contributed by atoms with van der Waals surface area (Å²) in [5, 5.41) is 32.6. The maximum absolute atomic E-state index is 11.8. The SMILES string of the molecule is CC(C)[C@H](N)C(=O)O.C[C@@H](O)[C@H](N)C(=O)O.C[C@H](N)C(=O)O.C[C@H](N)C(=O)OC(=O)[C@@H](N)Cc1ccc(OC(=O)[C@@H](N)CCC(N)=O)cc1. The van der Waals surface area contributed by atoms with Crippen molar-refractivity contribution in [3.8, 4) is 5.75 Å². The number of amides is 1. The van der Waals surface area contributed by atoms with Crippen molar-refractivity contribution in [2.45, 2.75) is 96.2 Å². The zero-order chi connectivity index (χ0) is 39.2. The van der Waals surface area contributed by atoms with Gasteiger partial charge in [0.25, 0.3) is 0 Å². The van der Waals surface area contributed by atoms with Crippen LogP contribution in [-0.2, 0) is 44.7 Å². The number of hydrogen-bond acceptors (Lipinski definition) is 16. The number of aliphatic carboxylic acids is 3. The molecular weight excluding hydrogens is 654 g/mol. The number of carboxylic acids is 3. The number of aliphatic hydroxyl groups is 1. The van der Waals surface area contributed by atoms with Crippen molar-refractivity contribution >= 4 is 41.7 Å². The van der Waals surface area contributed by atoms with Gasteiger partial charge in [-0.1, -0.05) is 26.0 Å². The van der Waals surface area contributed by atoms with E-state index >= 15 is 0 Å². The summed E-state index contributed by atoms with van der Waals surface area (Å²) in [5.41, 5.74) is 37.2. The van der Waals surface area contributed by atoms with Crippen molar-refractivity contribution in [1.82, 2.24) is 0 Å². The molecule has 280 valence electrons. The lowest BCUT2D eigenvalue weighted by Gasteiger charge is -2.13. The monoisotopic (exact) mass is 705 g/mol. The van der Waals surface area contributed by atoms with Gasteiger partial charge in [0, 0.05) is 6.42 Å². The highest BCUT2D eigenvalue weighted by Crippen LogP contribution is 2.15. The maximum Gasteiger partial charge on any atom is 0.330 e. The molecule has 0 aromatic heterocycles. The molecule has 1 amide bonds. The predicted octanol–water partition coefficient (Wildman–Crippen LogP) is -3.28. The number of carboxylic acid groups (broad SMARTS) is 3. The van der Waals surface area contributed by atoms with Crippen LogP contribution in [0.3, 0.4) is 0 Å². The standard InChI is InChI=1S/C17H24N4O6.C5H11NO2.C4H9NO3.C3H7NO2/c1-9(18)15(23)27-17(25)13(20)8-10-2-4-11(5-3-10)26-16(24)12(19)6-7-14(21)22;1-3(2)4(6)5(7)8;1-2(6)3(5)4(7)8;1-2(4)3(5)6/h2-5,9,12-13H,6-8,18-20H2,1H3,(H2,21,22);3-4H,6H2,1-2H3,(H,7,8);2-3,6H,5H2,1H3,(H,7,8);2H,4H2,1H3,(H,5,6)/t9-,12-,13-;4-;2-,3+;2-/m0010/s1. The molecule has 20 nitrogen and oxygen atoms in total. The topological polar surface area (TPSA) is 401 Å². The smallest absolute Gasteiger partial charge is 0.330 e. The van der Waals surface area contributed by atoms with Gasteiger partial charge in [-0.2, -0.15) is 0 Å². The molecule has 0 heterocycles. The third kappa shape index (κ3) is 25.2. The number of benzene rings is 1. The second-order valence-corrected chi connectivity index (χ2v) is 10.9. The minimum atomic E-state index is -1.18. The summed E-state index contributed by atoms with van der Waals surface area (Å²) in [6, 6.07) is 0.639. The van der Waals surface area contributed by atoms with Crippen LogP contribution in [0.2, 0.25) is 0 Å². The summed E-state index contributed by atoms with van der Waals surface area (Å²) in [6.07, 6.45) is -0.803. The average molecular weight is 706 g/mol. The molecule has 0 unspecified atom stereocenters. The van der Waals surface area contributed by atoms with Gasteiger partial charge in [-0.25, -0.2) is 14.4 Å². The molecule has 0 radical (unpaired) electrons. The van der Waals surface area contributed by atoms with E-state index in [0.717, 1.165) is 0 Å². The number of aliphatic hydroxyl groups excluding tert-OH is 1. The van der Waals surface area contributed by atoms with Crippen LogP contribution in [0.25, 0.3) is 0 Å². The molecule has 0 bridgehead atoms. The molecule has 0 aliphatic rings. The van der Waals surface area contributed by atoms with Gasteiger partial charge in [0.2, 0.25) is 5.91 Å². The Kier molecular flexibility index (Phi) is 25.4. The van der Waals surface area contributed by atoms with Crippen molar-refractivity contribution in [3.05, 3.63) is 29.8 Å². The van der Waals surface area contributed by atoms with Gasteiger partial charge in [0.1, 0.15) is 42.0 Å². The Morgan fingerprint density at radius 3 is 1.39 bits per heavy atom. The first kappa shape index (κ1) is 48.8. The average Bonchev–Trinajstić information content (AvgIpc) is 3.00. The molecule has 0 fully saturated rings. The van der Waals surface area contributed by atoms with Crippen LogP contribution in [0, 0.1) is 5.92 Å². The van der Waals surface area contributed by atoms with E-state index in [-0.39, 0.29) is 30.9 Å². The van der Waals surface area contributed by atoms with Gasteiger partial charge >= 0.3 is 35.8 Å². The van der Waals surface area contributed by atoms with Crippen LogP contribution in [0.15, 0.2) is 24.3 Å². The number of carbonyl (C=O) groups excluding carboxylic acids is 4. The zero-order valence-electron chi connectivity index (χ0n) is 28.1. The summed E-state index contributed by atoms with van der Waals surface area (Å²) >= 11 is 0. The van der Waals surface area contributed by atoms with Crippen molar-refractivity contribution in [1.29, 1.82) is 0 Å². The van der Waals surface area contributed by atoms with Gasteiger partial charge in [-0.3, -0.25) is 19.2 Å². The molecule has 1 rings (SSSR count). The van der Waals surface area contributed by atoms with E-state index in [0.29, 0.717) is 5.56 Å². The fraction of sp³-hybridized carbons (Fsp3) is 0.552. The molecule has 7 atom stereocenters. The van der Waals surface area contributed by atoms with E-state index in [1.807, 2.05) is 0 Å². The Balaban J connectivity index is -0.000000775. The predicted molar refractivity (Wildman–Crippen MR) is 174 cm³/mol. The fourth-order valence-corrected chi connectivity index (χ4v) is 2.40. The first-order valence-corrected chi connectivity index (χ1v) is 14.6. The number of rotatable bonds is 14. The molecule has 20 heteroatoms. The zero-order valence-corrected chi connectivity index (χ0v) is 28.1. The first-order valence-electron chi connectivity index (χ1n) is 14.6. The van der Waals surface area contributed by atoms with Crippen LogP contribution >= 0.6 is 0 Å². The van der Waals surface area contributed by atoms with Gasteiger partial charge < -0.3 is 70.0 Å². The van der Waals surface area contributed by atoms with Crippen LogP contribution in [0.4, 0.5) is 0 Å². The molecule has 1 aromatic rings. The molecule has 0 spiro atoms. The first-order chi connectivity index (χ1) is 22.3. The van der Waals surface area contributed by atoms with Crippen LogP contribution in [0.1, 0.15) is 53.0 Å². The molecule has 49 heavy (non-hydrogen) atoms. The lowest BCUT2D eigenvalue weighted by Crippen LogP contribution is -2.39. The highest BCUT2D eigenvalue weighted by Gasteiger charge is 2.22. The Labute approximate surface area is 283 Å². The van der Waals surface area contributed by atoms with E-state index in [1.54, 1.807) is 26.0 Å². The molecular formula is C29H51N7O13. The van der Waals surface area contributed by atoms with Crippen molar-refractivity contribution in [3.63, 3.8) is 0 Å². The third-order valence-electron chi connectivity index (χ3n) is 5.68. The second-order valence-electron chi connectivity index (χ2n) is 10.9. The molecule has 0 aliphatic heterocycles. The highest BCUT2D eigenvalue weighted by molar-refractivity contribution is 5.90. The normalized spacial score (nSPS) is 14.5. The van der Waals surface area contributed by atoms with E-state index in [1.165, 1.54) is 32.9 Å². The number of hydrogen-bond donors (Lipinski definition) is 11. The number of ether oxygens (including phenoxy) is 2. The highest BCUT2D eigenvalue weighted by atomic mass is 16.6. The largest absolute Gasteiger partial charge is 0.480 e. The Morgan fingerprint density at radius 1 is 0.653 bits per heavy atom. The second kappa shape index (κ2) is 25.4. The molecule has 0 saturated heterocycles. The summed E-state index contributed by atoms with van der Waals surface area (Å²) in [6.45, 7) is 7.69. The van der Waals surface area contributed by atoms with Crippen LogP contribution < -0.4 is 44.9 Å². The maximum atomic E-state index is 11.8. The number of nitrogens with two attached hydrogens (primary N) is 7. The number of esters is 3. The van der Waals surface area contributed by atoms with Gasteiger partial charge in [-0.15, -0.1) is 0 Å². The molecule has 18 N–H and O–H groups in total. The van der Waals surface area contributed by atoms with Crippen molar-refractivity contribution < 1.29 is 63.5 Å². The Hall–Kier alpha value is -4.57. The van der Waals surface area contributed by atoms with E-state index in [4.69, 9.17) is 65.3 Å². The summed E-state index contributed by atoms with van der Waals surface area (Å²) < 4.78 is 9.64.